The Labute approximate surface area is 332 Å². The lowest BCUT2D eigenvalue weighted by Gasteiger charge is -2.28. The van der Waals surface area contributed by atoms with Crippen molar-refractivity contribution in [2.75, 3.05) is 4.90 Å². The van der Waals surface area contributed by atoms with E-state index >= 15 is 0 Å². The van der Waals surface area contributed by atoms with Gasteiger partial charge in [0.2, 0.25) is 0 Å². The molecule has 11 aromatic carbocycles. The summed E-state index contributed by atoms with van der Waals surface area (Å²) < 4.78 is 0. The molecule has 0 aliphatic heterocycles. The molecule has 0 aliphatic carbocycles. The zero-order chi connectivity index (χ0) is 37.7. The van der Waals surface area contributed by atoms with Gasteiger partial charge in [0.15, 0.2) is 0 Å². The Balaban J connectivity index is 1.20. The highest BCUT2D eigenvalue weighted by molar-refractivity contribution is 6.22. The van der Waals surface area contributed by atoms with Crippen LogP contribution in [0.5, 0.6) is 0 Å². The molecule has 0 bridgehead atoms. The average molecular weight is 724 g/mol. The minimum atomic E-state index is 1.10. The smallest absolute Gasteiger partial charge is 0.0540 e. The maximum absolute atomic E-state index is 2.45. The molecule has 11 aromatic rings. The molecule has 0 fully saturated rings. The zero-order valence-corrected chi connectivity index (χ0v) is 31.3. The van der Waals surface area contributed by atoms with E-state index in [0.717, 1.165) is 17.1 Å². The number of benzene rings is 11. The van der Waals surface area contributed by atoms with Crippen LogP contribution in [0.15, 0.2) is 224 Å². The average Bonchev–Trinajstić information content (AvgIpc) is 3.29. The molecule has 0 aliphatic rings. The van der Waals surface area contributed by atoms with Gasteiger partial charge < -0.3 is 4.90 Å². The Morgan fingerprint density at radius 1 is 0.246 bits per heavy atom. The number of rotatable bonds is 6. The Kier molecular flexibility index (Phi) is 7.89. The molecule has 1 heteroatoms. The standard InChI is InChI=1S/C56H37N/c1-3-17-41(18-4-1)55-52-25-12-11-24-49(52)50-36-34-44(37-53(50)56(55)42-19-5-2-6-20-42)57(54-28-14-27-48-47-23-10-8-16-39(47)31-35-51(48)54)43-32-29-40(30-33-43)46-26-13-21-38-15-7-9-22-45(38)46/h1-37H. The second kappa shape index (κ2) is 13.7. The summed E-state index contributed by atoms with van der Waals surface area (Å²) >= 11 is 0. The van der Waals surface area contributed by atoms with Crippen molar-refractivity contribution < 1.29 is 0 Å². The van der Waals surface area contributed by atoms with Crippen LogP contribution < -0.4 is 4.90 Å². The van der Waals surface area contributed by atoms with E-state index in [9.17, 15) is 0 Å². The molecule has 0 radical (unpaired) electrons. The molecular weight excluding hydrogens is 687 g/mol. The van der Waals surface area contributed by atoms with Gasteiger partial charge in [0, 0.05) is 16.8 Å². The van der Waals surface area contributed by atoms with Crippen LogP contribution in [-0.4, -0.2) is 0 Å². The van der Waals surface area contributed by atoms with Crippen LogP contribution in [-0.2, 0) is 0 Å². The number of nitrogens with zero attached hydrogens (tertiary/aromatic N) is 1. The second-order valence-corrected chi connectivity index (χ2v) is 14.8. The first-order valence-electron chi connectivity index (χ1n) is 19.7. The van der Waals surface area contributed by atoms with Crippen molar-refractivity contribution in [2.45, 2.75) is 0 Å². The first-order chi connectivity index (χ1) is 28.3. The molecule has 0 spiro atoms. The lowest BCUT2D eigenvalue weighted by atomic mass is 9.85. The first-order valence-corrected chi connectivity index (χ1v) is 19.7. The summed E-state index contributed by atoms with van der Waals surface area (Å²) in [6, 6.07) is 82.1. The molecule has 266 valence electrons. The SMILES string of the molecule is c1ccc(-c2c(-c3ccccc3)c3cc(N(c4ccc(-c5cccc6ccccc56)cc4)c4cccc5c4ccc4ccccc45)ccc3c3ccccc23)cc1. The van der Waals surface area contributed by atoms with Gasteiger partial charge in [-0.25, -0.2) is 0 Å². The highest BCUT2D eigenvalue weighted by Gasteiger charge is 2.21. The van der Waals surface area contributed by atoms with Crippen molar-refractivity contribution in [1.29, 1.82) is 0 Å². The van der Waals surface area contributed by atoms with Crippen LogP contribution in [0.1, 0.15) is 0 Å². The Hall–Kier alpha value is -7.48. The summed E-state index contributed by atoms with van der Waals surface area (Å²) in [7, 11) is 0. The van der Waals surface area contributed by atoms with Crippen molar-refractivity contribution in [3.63, 3.8) is 0 Å². The van der Waals surface area contributed by atoms with E-state index in [1.54, 1.807) is 0 Å². The molecule has 0 N–H and O–H groups in total. The first kappa shape index (κ1) is 32.9. The highest BCUT2D eigenvalue weighted by Crippen LogP contribution is 2.48. The summed E-state index contributed by atoms with van der Waals surface area (Å²) in [4.78, 5) is 2.45. The maximum Gasteiger partial charge on any atom is 0.0540 e. The fourth-order valence-electron chi connectivity index (χ4n) is 9.04. The van der Waals surface area contributed by atoms with E-state index < -0.39 is 0 Å². The molecule has 1 nitrogen and oxygen atoms in total. The van der Waals surface area contributed by atoms with E-state index in [2.05, 4.69) is 229 Å². The third-order valence-electron chi connectivity index (χ3n) is 11.6. The molecule has 0 saturated carbocycles. The van der Waals surface area contributed by atoms with Crippen molar-refractivity contribution in [3.05, 3.63) is 224 Å². The van der Waals surface area contributed by atoms with Crippen molar-refractivity contribution >= 4 is 70.9 Å². The summed E-state index contributed by atoms with van der Waals surface area (Å²) in [5, 5.41) is 12.4. The minimum Gasteiger partial charge on any atom is -0.310 e. The predicted octanol–water partition coefficient (Wildman–Crippen LogP) is 15.9. The lowest BCUT2D eigenvalue weighted by molar-refractivity contribution is 1.30. The molecule has 0 heterocycles. The van der Waals surface area contributed by atoms with Crippen LogP contribution >= 0.6 is 0 Å². The normalized spacial score (nSPS) is 11.5. The minimum absolute atomic E-state index is 1.10. The topological polar surface area (TPSA) is 3.24 Å². The van der Waals surface area contributed by atoms with Crippen LogP contribution in [0.4, 0.5) is 17.1 Å². The Bertz CT molecular complexity index is 3270. The van der Waals surface area contributed by atoms with Gasteiger partial charge in [-0.3, -0.25) is 0 Å². The van der Waals surface area contributed by atoms with E-state index in [-0.39, 0.29) is 0 Å². The number of hydrogen-bond acceptors (Lipinski definition) is 1. The molecule has 0 unspecified atom stereocenters. The molecular formula is C56H37N. The lowest BCUT2D eigenvalue weighted by Crippen LogP contribution is -2.10. The fourth-order valence-corrected chi connectivity index (χ4v) is 9.04. The van der Waals surface area contributed by atoms with Gasteiger partial charge in [-0.05, 0) is 112 Å². The molecule has 0 amide bonds. The summed E-state index contributed by atoms with van der Waals surface area (Å²) in [5.74, 6) is 0. The van der Waals surface area contributed by atoms with Crippen LogP contribution in [0.25, 0.3) is 87.2 Å². The van der Waals surface area contributed by atoms with Crippen molar-refractivity contribution in [3.8, 4) is 33.4 Å². The number of hydrogen-bond donors (Lipinski definition) is 0. The summed E-state index contributed by atoms with van der Waals surface area (Å²) in [6.45, 7) is 0. The predicted molar refractivity (Wildman–Crippen MR) is 245 cm³/mol. The van der Waals surface area contributed by atoms with Gasteiger partial charge in [0.1, 0.15) is 0 Å². The highest BCUT2D eigenvalue weighted by atomic mass is 15.1. The molecule has 0 saturated heterocycles. The van der Waals surface area contributed by atoms with Gasteiger partial charge in [0.05, 0.1) is 5.69 Å². The Morgan fingerprint density at radius 3 is 1.47 bits per heavy atom. The van der Waals surface area contributed by atoms with Gasteiger partial charge in [-0.2, -0.15) is 0 Å². The van der Waals surface area contributed by atoms with Crippen molar-refractivity contribution in [2.24, 2.45) is 0 Å². The van der Waals surface area contributed by atoms with E-state index in [0.29, 0.717) is 0 Å². The zero-order valence-electron chi connectivity index (χ0n) is 31.3. The van der Waals surface area contributed by atoms with Gasteiger partial charge in [-0.1, -0.05) is 194 Å². The maximum atomic E-state index is 2.45. The largest absolute Gasteiger partial charge is 0.310 e. The van der Waals surface area contributed by atoms with E-state index in [1.165, 1.54) is 87.2 Å². The van der Waals surface area contributed by atoms with Gasteiger partial charge in [-0.15, -0.1) is 0 Å². The van der Waals surface area contributed by atoms with Crippen LogP contribution in [0.2, 0.25) is 0 Å². The Morgan fingerprint density at radius 2 is 0.737 bits per heavy atom. The second-order valence-electron chi connectivity index (χ2n) is 14.8. The third-order valence-corrected chi connectivity index (χ3v) is 11.6. The number of anilines is 3. The summed E-state index contributed by atoms with van der Waals surface area (Å²) in [6.07, 6.45) is 0. The third kappa shape index (κ3) is 5.55. The van der Waals surface area contributed by atoms with Gasteiger partial charge in [0.25, 0.3) is 0 Å². The molecule has 11 rings (SSSR count). The quantitative estimate of drug-likeness (QED) is 0.154. The number of fused-ring (bicyclic) bond motifs is 7. The fraction of sp³-hybridized carbons (Fsp3) is 0. The van der Waals surface area contributed by atoms with E-state index in [4.69, 9.17) is 0 Å². The molecule has 57 heavy (non-hydrogen) atoms. The van der Waals surface area contributed by atoms with E-state index in [1.807, 2.05) is 0 Å². The van der Waals surface area contributed by atoms with Gasteiger partial charge >= 0.3 is 0 Å². The molecule has 0 atom stereocenters. The van der Waals surface area contributed by atoms with Crippen molar-refractivity contribution in [1.82, 2.24) is 0 Å². The van der Waals surface area contributed by atoms with Crippen LogP contribution in [0, 0.1) is 0 Å². The molecule has 0 aromatic heterocycles. The van der Waals surface area contributed by atoms with Crippen LogP contribution in [0.3, 0.4) is 0 Å². The summed E-state index contributed by atoms with van der Waals surface area (Å²) in [5.41, 5.74) is 10.7. The monoisotopic (exact) mass is 723 g/mol.